The van der Waals surface area contributed by atoms with E-state index in [1.165, 1.54) is 16.9 Å². The Morgan fingerprint density at radius 2 is 2.12 bits per heavy atom. The second kappa shape index (κ2) is 3.61. The summed E-state index contributed by atoms with van der Waals surface area (Å²) in [5, 5.41) is 0. The van der Waals surface area contributed by atoms with Crippen molar-refractivity contribution in [2.45, 2.75) is 6.92 Å². The second-order valence-corrected chi connectivity index (χ2v) is 5.42. The van der Waals surface area contributed by atoms with Gasteiger partial charge in [-0.05, 0) is 36.8 Å². The minimum absolute atomic E-state index is 0.784. The van der Waals surface area contributed by atoms with Crippen molar-refractivity contribution in [1.82, 2.24) is 9.97 Å². The maximum atomic E-state index is 5.91. The molecule has 0 saturated heterocycles. The van der Waals surface area contributed by atoms with E-state index in [1.54, 1.807) is 0 Å². The van der Waals surface area contributed by atoms with Crippen molar-refractivity contribution in [2.75, 3.05) is 0 Å². The SMILES string of the molecule is Cc1ccc2nc(-c3ccc(Cl)s3)[nH]c2c1. The van der Waals surface area contributed by atoms with Crippen LogP contribution in [0.4, 0.5) is 0 Å². The molecule has 0 radical (unpaired) electrons. The van der Waals surface area contributed by atoms with Crippen LogP contribution in [0.2, 0.25) is 4.34 Å². The summed E-state index contributed by atoms with van der Waals surface area (Å²) in [7, 11) is 0. The van der Waals surface area contributed by atoms with Crippen LogP contribution in [-0.2, 0) is 0 Å². The molecule has 3 aromatic rings. The molecule has 3 rings (SSSR count). The highest BCUT2D eigenvalue weighted by Gasteiger charge is 2.07. The quantitative estimate of drug-likeness (QED) is 0.685. The Labute approximate surface area is 102 Å². The molecule has 1 N–H and O–H groups in total. The first-order chi connectivity index (χ1) is 7.72. The minimum Gasteiger partial charge on any atom is -0.337 e. The molecular weight excluding hydrogens is 240 g/mol. The fourth-order valence-corrected chi connectivity index (χ4v) is 2.67. The van der Waals surface area contributed by atoms with Gasteiger partial charge in [-0.25, -0.2) is 4.98 Å². The van der Waals surface area contributed by atoms with E-state index >= 15 is 0 Å². The van der Waals surface area contributed by atoms with Crippen molar-refractivity contribution in [2.24, 2.45) is 0 Å². The van der Waals surface area contributed by atoms with Crippen LogP contribution in [-0.4, -0.2) is 9.97 Å². The van der Waals surface area contributed by atoms with Crippen LogP contribution < -0.4 is 0 Å². The molecule has 4 heteroatoms. The monoisotopic (exact) mass is 248 g/mol. The Bertz CT molecular complexity index is 654. The zero-order valence-corrected chi connectivity index (χ0v) is 10.2. The number of aryl methyl sites for hydroxylation is 1. The number of nitrogens with one attached hydrogen (secondary N) is 1. The number of H-pyrrole nitrogens is 1. The summed E-state index contributed by atoms with van der Waals surface area (Å²) in [6, 6.07) is 10.1. The lowest BCUT2D eigenvalue weighted by molar-refractivity contribution is 1.36. The van der Waals surface area contributed by atoms with E-state index in [0.717, 1.165) is 26.1 Å². The molecule has 0 aliphatic carbocycles. The molecule has 0 amide bonds. The van der Waals surface area contributed by atoms with Gasteiger partial charge in [0.15, 0.2) is 0 Å². The number of rotatable bonds is 1. The second-order valence-electron chi connectivity index (χ2n) is 3.71. The van der Waals surface area contributed by atoms with Crippen LogP contribution in [0.1, 0.15) is 5.56 Å². The molecule has 0 atom stereocenters. The Kier molecular flexibility index (Phi) is 2.23. The predicted octanol–water partition coefficient (Wildman–Crippen LogP) is 4.25. The number of halogens is 1. The molecule has 2 nitrogen and oxygen atoms in total. The van der Waals surface area contributed by atoms with E-state index in [9.17, 15) is 0 Å². The number of thiophene rings is 1. The van der Waals surface area contributed by atoms with Crippen molar-refractivity contribution >= 4 is 34.0 Å². The maximum absolute atomic E-state index is 5.91. The van der Waals surface area contributed by atoms with Crippen LogP contribution in [0, 0.1) is 6.92 Å². The lowest BCUT2D eigenvalue weighted by Crippen LogP contribution is -1.72. The van der Waals surface area contributed by atoms with Gasteiger partial charge in [0.05, 0.1) is 20.2 Å². The van der Waals surface area contributed by atoms with Crippen molar-refractivity contribution in [3.05, 3.63) is 40.2 Å². The molecular formula is C12H9ClN2S. The molecule has 16 heavy (non-hydrogen) atoms. The summed E-state index contributed by atoms with van der Waals surface area (Å²) in [4.78, 5) is 8.91. The van der Waals surface area contributed by atoms with Gasteiger partial charge in [-0.3, -0.25) is 0 Å². The first-order valence-corrected chi connectivity index (χ1v) is 6.14. The average Bonchev–Trinajstić information content (AvgIpc) is 2.83. The summed E-state index contributed by atoms with van der Waals surface area (Å²) >= 11 is 7.44. The molecule has 0 aliphatic rings. The lowest BCUT2D eigenvalue weighted by atomic mass is 10.2. The highest BCUT2D eigenvalue weighted by Crippen LogP contribution is 2.30. The van der Waals surface area contributed by atoms with Crippen LogP contribution in [0.15, 0.2) is 30.3 Å². The van der Waals surface area contributed by atoms with E-state index < -0.39 is 0 Å². The minimum atomic E-state index is 0.784. The van der Waals surface area contributed by atoms with Crippen molar-refractivity contribution in [3.63, 3.8) is 0 Å². The topological polar surface area (TPSA) is 28.7 Å². The third kappa shape index (κ3) is 1.62. The van der Waals surface area contributed by atoms with Crippen LogP contribution in [0.3, 0.4) is 0 Å². The summed E-state index contributed by atoms with van der Waals surface area (Å²) in [5.74, 6) is 0.887. The third-order valence-electron chi connectivity index (χ3n) is 2.44. The standard InChI is InChI=1S/C12H9ClN2S/c1-7-2-3-8-9(6-7)15-12(14-8)10-4-5-11(13)16-10/h2-6H,1H3,(H,14,15). The number of aromatic amines is 1. The molecule has 0 fully saturated rings. The molecule has 0 spiro atoms. The first-order valence-electron chi connectivity index (χ1n) is 4.94. The maximum Gasteiger partial charge on any atom is 0.148 e. The van der Waals surface area contributed by atoms with E-state index in [4.69, 9.17) is 11.6 Å². The lowest BCUT2D eigenvalue weighted by Gasteiger charge is -1.89. The van der Waals surface area contributed by atoms with Crippen molar-refractivity contribution < 1.29 is 0 Å². The summed E-state index contributed by atoms with van der Waals surface area (Å²) in [5.41, 5.74) is 3.29. The smallest absolute Gasteiger partial charge is 0.148 e. The summed E-state index contributed by atoms with van der Waals surface area (Å²) in [6.45, 7) is 2.07. The molecule has 2 heterocycles. The number of imidazole rings is 1. The molecule has 0 saturated carbocycles. The fourth-order valence-electron chi connectivity index (χ4n) is 1.68. The molecule has 0 bridgehead atoms. The van der Waals surface area contributed by atoms with Gasteiger partial charge < -0.3 is 4.98 Å². The third-order valence-corrected chi connectivity index (χ3v) is 3.68. The van der Waals surface area contributed by atoms with Gasteiger partial charge in [0.1, 0.15) is 5.82 Å². The summed E-state index contributed by atoms with van der Waals surface area (Å²) < 4.78 is 0.784. The van der Waals surface area contributed by atoms with Gasteiger partial charge in [-0.15, -0.1) is 11.3 Å². The van der Waals surface area contributed by atoms with Gasteiger partial charge in [0.2, 0.25) is 0 Å². The van der Waals surface area contributed by atoms with Crippen molar-refractivity contribution in [3.8, 4) is 10.7 Å². The Morgan fingerprint density at radius 1 is 1.25 bits per heavy atom. The number of hydrogen-bond donors (Lipinski definition) is 1. The van der Waals surface area contributed by atoms with E-state index in [-0.39, 0.29) is 0 Å². The summed E-state index contributed by atoms with van der Waals surface area (Å²) in [6.07, 6.45) is 0. The molecule has 80 valence electrons. The Hall–Kier alpha value is -1.32. The number of aromatic nitrogens is 2. The van der Waals surface area contributed by atoms with Gasteiger partial charge in [0, 0.05) is 0 Å². The number of fused-ring (bicyclic) bond motifs is 1. The van der Waals surface area contributed by atoms with Gasteiger partial charge in [0.25, 0.3) is 0 Å². The zero-order chi connectivity index (χ0) is 11.1. The largest absolute Gasteiger partial charge is 0.337 e. The molecule has 1 aromatic carbocycles. The molecule has 0 aliphatic heterocycles. The highest BCUT2D eigenvalue weighted by molar-refractivity contribution is 7.19. The van der Waals surface area contributed by atoms with E-state index in [0.29, 0.717) is 0 Å². The normalized spacial score (nSPS) is 11.1. The number of benzene rings is 1. The van der Waals surface area contributed by atoms with Crippen LogP contribution in [0.5, 0.6) is 0 Å². The fraction of sp³-hybridized carbons (Fsp3) is 0.0833. The van der Waals surface area contributed by atoms with Gasteiger partial charge >= 0.3 is 0 Å². The van der Waals surface area contributed by atoms with Crippen LogP contribution >= 0.6 is 22.9 Å². The number of hydrogen-bond acceptors (Lipinski definition) is 2. The average molecular weight is 249 g/mol. The van der Waals surface area contributed by atoms with Crippen LogP contribution in [0.25, 0.3) is 21.7 Å². The van der Waals surface area contributed by atoms with E-state index in [1.807, 2.05) is 18.2 Å². The first kappa shape index (κ1) is 9.87. The van der Waals surface area contributed by atoms with Crippen molar-refractivity contribution in [1.29, 1.82) is 0 Å². The zero-order valence-electron chi connectivity index (χ0n) is 8.62. The van der Waals surface area contributed by atoms with Gasteiger partial charge in [-0.2, -0.15) is 0 Å². The Balaban J connectivity index is 2.18. The predicted molar refractivity (Wildman–Crippen MR) is 69.2 cm³/mol. The van der Waals surface area contributed by atoms with Gasteiger partial charge in [-0.1, -0.05) is 17.7 Å². The Morgan fingerprint density at radius 3 is 2.88 bits per heavy atom. The number of nitrogens with zero attached hydrogens (tertiary/aromatic N) is 1. The van der Waals surface area contributed by atoms with E-state index in [2.05, 4.69) is 29.0 Å². The highest BCUT2D eigenvalue weighted by atomic mass is 35.5. The molecule has 2 aromatic heterocycles. The molecule has 0 unspecified atom stereocenters.